The molecule has 1 aromatic carbocycles. The maximum Gasteiger partial charge on any atom is 0.108 e. The van der Waals surface area contributed by atoms with Gasteiger partial charge in [0.1, 0.15) is 6.10 Å². The lowest BCUT2D eigenvalue weighted by molar-refractivity contribution is 0.264. The number of rotatable bonds is 1. The largest absolute Gasteiger partial charge is 0.383 e. The lowest BCUT2D eigenvalue weighted by Crippen LogP contribution is -2.24. The number of hydrogen-bond donors (Lipinski definition) is 1. The summed E-state index contributed by atoms with van der Waals surface area (Å²) >= 11 is 6.08. The van der Waals surface area contributed by atoms with Gasteiger partial charge in [0.2, 0.25) is 0 Å². The van der Waals surface area contributed by atoms with Crippen LogP contribution in [-0.2, 0) is 0 Å². The average Bonchev–Trinajstić information content (AvgIpc) is 2.61. The number of aliphatic hydroxyl groups is 1. The van der Waals surface area contributed by atoms with E-state index in [4.69, 9.17) is 11.6 Å². The SMILES string of the molecule is CN1CC=C2C=C(Cl)C(O)C=C2C(c2ccccc2)C1. The number of nitrogens with zero attached hydrogens (tertiary/aromatic N) is 1. The van der Waals surface area contributed by atoms with Crippen molar-refractivity contribution >= 4 is 11.6 Å². The fourth-order valence-corrected chi connectivity index (χ4v) is 3.05. The summed E-state index contributed by atoms with van der Waals surface area (Å²) in [5.41, 5.74) is 3.59. The molecule has 1 aliphatic heterocycles. The zero-order valence-electron chi connectivity index (χ0n) is 11.5. The molecule has 0 amide bonds. The van der Waals surface area contributed by atoms with Gasteiger partial charge in [0.05, 0.1) is 5.03 Å². The highest BCUT2D eigenvalue weighted by Crippen LogP contribution is 2.37. The number of likely N-dealkylation sites (N-methyl/N-ethyl adjacent to an activating group) is 1. The number of aliphatic hydroxyl groups excluding tert-OH is 1. The van der Waals surface area contributed by atoms with Gasteiger partial charge < -0.3 is 10.0 Å². The number of allylic oxidation sites excluding steroid dienone is 2. The van der Waals surface area contributed by atoms with Crippen LogP contribution < -0.4 is 0 Å². The molecule has 0 saturated carbocycles. The topological polar surface area (TPSA) is 23.5 Å². The van der Waals surface area contributed by atoms with Crippen LogP contribution in [0.2, 0.25) is 0 Å². The molecule has 1 heterocycles. The fourth-order valence-electron chi connectivity index (χ4n) is 2.87. The first-order valence-electron chi connectivity index (χ1n) is 6.86. The van der Waals surface area contributed by atoms with Crippen LogP contribution >= 0.6 is 11.6 Å². The third-order valence-electron chi connectivity index (χ3n) is 3.94. The third kappa shape index (κ3) is 2.59. The minimum absolute atomic E-state index is 0.269. The molecule has 0 aromatic heterocycles. The molecule has 2 unspecified atom stereocenters. The van der Waals surface area contributed by atoms with Gasteiger partial charge in [-0.1, -0.05) is 48.0 Å². The highest BCUT2D eigenvalue weighted by molar-refractivity contribution is 6.30. The van der Waals surface area contributed by atoms with Crippen molar-refractivity contribution in [2.45, 2.75) is 12.0 Å². The minimum Gasteiger partial charge on any atom is -0.383 e. The Morgan fingerprint density at radius 1 is 1.25 bits per heavy atom. The molecule has 0 radical (unpaired) electrons. The second-order valence-corrected chi connectivity index (χ2v) is 5.88. The molecular weight excluding hydrogens is 270 g/mol. The molecule has 2 aliphatic rings. The van der Waals surface area contributed by atoms with Crippen LogP contribution in [0.4, 0.5) is 0 Å². The van der Waals surface area contributed by atoms with Gasteiger partial charge in [-0.3, -0.25) is 0 Å². The Hall–Kier alpha value is -1.35. The standard InChI is InChI=1S/C17H18ClNO/c1-19-8-7-13-9-16(18)17(20)10-14(13)15(11-19)12-5-3-2-4-6-12/h2-7,9-10,15,17,20H,8,11H2,1H3. The molecule has 2 nitrogen and oxygen atoms in total. The Morgan fingerprint density at radius 3 is 2.75 bits per heavy atom. The second kappa shape index (κ2) is 5.57. The van der Waals surface area contributed by atoms with Crippen molar-refractivity contribution in [1.82, 2.24) is 4.90 Å². The van der Waals surface area contributed by atoms with Gasteiger partial charge in [-0.25, -0.2) is 0 Å². The Kier molecular flexibility index (Phi) is 3.79. The van der Waals surface area contributed by atoms with Crippen molar-refractivity contribution in [3.8, 4) is 0 Å². The second-order valence-electron chi connectivity index (χ2n) is 5.44. The van der Waals surface area contributed by atoms with Gasteiger partial charge in [0.25, 0.3) is 0 Å². The van der Waals surface area contributed by atoms with Crippen molar-refractivity contribution in [2.24, 2.45) is 0 Å². The molecule has 0 saturated heterocycles. The summed E-state index contributed by atoms with van der Waals surface area (Å²) in [5, 5.41) is 10.5. The molecule has 104 valence electrons. The van der Waals surface area contributed by atoms with E-state index in [1.54, 1.807) is 0 Å². The first-order chi connectivity index (χ1) is 9.65. The molecule has 2 atom stereocenters. The highest BCUT2D eigenvalue weighted by atomic mass is 35.5. The van der Waals surface area contributed by atoms with Crippen LogP contribution in [0, 0.1) is 0 Å². The van der Waals surface area contributed by atoms with Gasteiger partial charge in [-0.15, -0.1) is 0 Å². The first-order valence-corrected chi connectivity index (χ1v) is 7.24. The van der Waals surface area contributed by atoms with E-state index in [2.05, 4.69) is 42.3 Å². The summed E-state index contributed by atoms with van der Waals surface area (Å²) in [5.74, 6) is 0.269. The molecular formula is C17H18ClNO. The predicted molar refractivity (Wildman–Crippen MR) is 82.8 cm³/mol. The summed E-state index contributed by atoms with van der Waals surface area (Å²) in [6, 6.07) is 10.4. The smallest absolute Gasteiger partial charge is 0.108 e. The van der Waals surface area contributed by atoms with Crippen molar-refractivity contribution in [3.05, 3.63) is 70.3 Å². The molecule has 20 heavy (non-hydrogen) atoms. The van der Waals surface area contributed by atoms with E-state index in [0.29, 0.717) is 5.03 Å². The normalized spacial score (nSPS) is 27.1. The zero-order valence-corrected chi connectivity index (χ0v) is 12.2. The molecule has 3 rings (SSSR count). The van der Waals surface area contributed by atoms with Crippen LogP contribution in [0.3, 0.4) is 0 Å². The van der Waals surface area contributed by atoms with Gasteiger partial charge in [-0.2, -0.15) is 0 Å². The minimum atomic E-state index is -0.682. The van der Waals surface area contributed by atoms with Crippen molar-refractivity contribution in [3.63, 3.8) is 0 Å². The van der Waals surface area contributed by atoms with Crippen LogP contribution in [0.25, 0.3) is 0 Å². The Labute approximate surface area is 124 Å². The van der Waals surface area contributed by atoms with Gasteiger partial charge in [0.15, 0.2) is 0 Å². The van der Waals surface area contributed by atoms with Gasteiger partial charge in [0, 0.05) is 19.0 Å². The molecule has 1 N–H and O–H groups in total. The van der Waals surface area contributed by atoms with E-state index in [1.165, 1.54) is 11.1 Å². The molecule has 1 aliphatic carbocycles. The van der Waals surface area contributed by atoms with E-state index >= 15 is 0 Å². The van der Waals surface area contributed by atoms with Crippen molar-refractivity contribution in [1.29, 1.82) is 0 Å². The Bertz CT molecular complexity index is 588. The van der Waals surface area contributed by atoms with E-state index in [9.17, 15) is 5.11 Å². The highest BCUT2D eigenvalue weighted by Gasteiger charge is 2.27. The van der Waals surface area contributed by atoms with Gasteiger partial charge >= 0.3 is 0 Å². The number of hydrogen-bond acceptors (Lipinski definition) is 2. The molecule has 1 aromatic rings. The summed E-state index contributed by atoms with van der Waals surface area (Å²) in [7, 11) is 2.12. The van der Waals surface area contributed by atoms with Gasteiger partial charge in [-0.05, 0) is 35.9 Å². The quantitative estimate of drug-likeness (QED) is 0.858. The van der Waals surface area contributed by atoms with Crippen molar-refractivity contribution in [2.75, 3.05) is 20.1 Å². The number of halogens is 1. The Balaban J connectivity index is 2.05. The monoisotopic (exact) mass is 287 g/mol. The number of fused-ring (bicyclic) bond motifs is 1. The third-order valence-corrected chi connectivity index (χ3v) is 4.27. The number of benzene rings is 1. The van der Waals surface area contributed by atoms with E-state index < -0.39 is 6.10 Å². The molecule has 3 heteroatoms. The van der Waals surface area contributed by atoms with Crippen LogP contribution in [0.1, 0.15) is 11.5 Å². The lowest BCUT2D eigenvalue weighted by Gasteiger charge is -2.26. The maximum atomic E-state index is 10.0. The van der Waals surface area contributed by atoms with E-state index in [1.807, 2.05) is 18.2 Å². The summed E-state index contributed by atoms with van der Waals surface area (Å²) < 4.78 is 0. The molecule has 0 spiro atoms. The van der Waals surface area contributed by atoms with E-state index in [0.717, 1.165) is 18.7 Å². The summed E-state index contributed by atoms with van der Waals surface area (Å²) in [6.45, 7) is 1.83. The molecule has 0 fully saturated rings. The maximum absolute atomic E-state index is 10.0. The van der Waals surface area contributed by atoms with Crippen molar-refractivity contribution < 1.29 is 5.11 Å². The van der Waals surface area contributed by atoms with Crippen LogP contribution in [-0.4, -0.2) is 36.2 Å². The molecule has 0 bridgehead atoms. The van der Waals surface area contributed by atoms with Crippen LogP contribution in [0.15, 0.2) is 64.7 Å². The van der Waals surface area contributed by atoms with Crippen LogP contribution in [0.5, 0.6) is 0 Å². The average molecular weight is 288 g/mol. The summed E-state index contributed by atoms with van der Waals surface area (Å²) in [4.78, 5) is 2.29. The van der Waals surface area contributed by atoms with E-state index in [-0.39, 0.29) is 5.92 Å². The first kappa shape index (κ1) is 13.6. The summed E-state index contributed by atoms with van der Waals surface area (Å²) in [6.07, 6.45) is 5.29. The predicted octanol–water partition coefficient (Wildman–Crippen LogP) is 3.07. The fraction of sp³-hybridized carbons (Fsp3) is 0.294. The Morgan fingerprint density at radius 2 is 2.00 bits per heavy atom. The zero-order chi connectivity index (χ0) is 14.1. The lowest BCUT2D eigenvalue weighted by atomic mass is 9.83.